The average molecular weight is 552 g/mol. The fourth-order valence-corrected chi connectivity index (χ4v) is 6.15. The summed E-state index contributed by atoms with van der Waals surface area (Å²) in [5.74, 6) is 1.52. The molecule has 5 rings (SSSR count). The molecule has 1 saturated carbocycles. The molecule has 3 heterocycles. The number of nitrogens with one attached hydrogen (secondary N) is 3. The molecule has 208 valence electrons. The number of carbonyl (C=O) groups is 2. The average Bonchev–Trinajstić information content (AvgIpc) is 3.51. The summed E-state index contributed by atoms with van der Waals surface area (Å²) >= 11 is 6.71. The van der Waals surface area contributed by atoms with Crippen molar-refractivity contribution in [3.05, 3.63) is 41.3 Å². The lowest BCUT2D eigenvalue weighted by molar-refractivity contribution is -0.124. The summed E-state index contributed by atoms with van der Waals surface area (Å²) in [6.07, 6.45) is 7.60. The molecular weight excluding hydrogens is 514 g/mol. The van der Waals surface area contributed by atoms with E-state index in [1.54, 1.807) is 7.11 Å². The van der Waals surface area contributed by atoms with Gasteiger partial charge in [0.25, 0.3) is 0 Å². The van der Waals surface area contributed by atoms with Gasteiger partial charge >= 0.3 is 0 Å². The second-order valence-corrected chi connectivity index (χ2v) is 11.3. The molecule has 1 aliphatic heterocycles. The molecular formula is C30H38ClN5O3. The van der Waals surface area contributed by atoms with Gasteiger partial charge in [-0.15, -0.1) is 0 Å². The molecule has 2 atom stereocenters. The van der Waals surface area contributed by atoms with Crippen LogP contribution in [0.1, 0.15) is 76.6 Å². The van der Waals surface area contributed by atoms with Gasteiger partial charge in [-0.25, -0.2) is 9.97 Å². The monoisotopic (exact) mass is 551 g/mol. The number of hydrogen-bond acceptors (Lipinski definition) is 6. The third kappa shape index (κ3) is 6.12. The first-order valence-electron chi connectivity index (χ1n) is 14.2. The number of rotatable bonds is 12. The Balaban J connectivity index is 1.36. The van der Waals surface area contributed by atoms with Crippen LogP contribution >= 0.6 is 11.6 Å². The van der Waals surface area contributed by atoms with E-state index < -0.39 is 0 Å². The highest BCUT2D eigenvalue weighted by Gasteiger charge is 2.57. The van der Waals surface area contributed by atoms with Crippen molar-refractivity contribution in [1.29, 1.82) is 0 Å². The quantitative estimate of drug-likeness (QED) is 0.247. The summed E-state index contributed by atoms with van der Waals surface area (Å²) in [6, 6.07) is 9.51. The highest BCUT2D eigenvalue weighted by atomic mass is 35.5. The number of benzene rings is 1. The number of piperidine rings is 1. The zero-order valence-electron chi connectivity index (χ0n) is 22.8. The number of H-pyrrole nitrogens is 1. The first kappa shape index (κ1) is 27.6. The number of fused-ring (bicyclic) bond motifs is 1. The van der Waals surface area contributed by atoms with Crippen molar-refractivity contribution in [2.24, 2.45) is 11.3 Å². The second kappa shape index (κ2) is 12.0. The normalized spacial score (nSPS) is 18.7. The molecule has 2 aliphatic rings. The number of carbonyl (C=O) groups excluding carboxylic acids is 2. The number of ketones is 1. The Bertz CT molecular complexity index is 1330. The summed E-state index contributed by atoms with van der Waals surface area (Å²) in [7, 11) is 1.58. The van der Waals surface area contributed by atoms with E-state index in [2.05, 4.69) is 20.6 Å². The molecule has 0 bridgehead atoms. The van der Waals surface area contributed by atoms with Gasteiger partial charge in [0, 0.05) is 24.1 Å². The molecule has 1 spiro atoms. The first-order valence-corrected chi connectivity index (χ1v) is 14.5. The zero-order chi connectivity index (χ0) is 27.4. The molecule has 9 heteroatoms. The minimum atomic E-state index is -0.301. The molecule has 0 radical (unpaired) electrons. The van der Waals surface area contributed by atoms with E-state index in [0.29, 0.717) is 53.2 Å². The summed E-state index contributed by atoms with van der Waals surface area (Å²) < 4.78 is 5.59. The van der Waals surface area contributed by atoms with Crippen LogP contribution in [0.4, 0.5) is 0 Å². The van der Waals surface area contributed by atoms with Gasteiger partial charge < -0.3 is 20.4 Å². The predicted molar refractivity (Wildman–Crippen MR) is 153 cm³/mol. The Labute approximate surface area is 234 Å². The van der Waals surface area contributed by atoms with Crippen LogP contribution in [-0.4, -0.2) is 46.8 Å². The Morgan fingerprint density at radius 1 is 1.18 bits per heavy atom. The van der Waals surface area contributed by atoms with Crippen LogP contribution in [0.2, 0.25) is 5.15 Å². The van der Waals surface area contributed by atoms with E-state index in [1.807, 2.05) is 37.3 Å². The van der Waals surface area contributed by atoms with Crippen LogP contribution in [0.5, 0.6) is 5.88 Å². The SMILES string of the molecule is CCC(=O)CCCCC[C@H](NC(=O)[C@H]1CC12CCNCC2)c1nc(-c2cc3ccccc3nc2OC)c(Cl)[nH]1. The Kier molecular flexibility index (Phi) is 8.52. The molecule has 3 aromatic rings. The molecule has 39 heavy (non-hydrogen) atoms. The van der Waals surface area contributed by atoms with Gasteiger partial charge in [-0.1, -0.05) is 49.6 Å². The fourth-order valence-electron chi connectivity index (χ4n) is 5.91. The number of nitrogens with zero attached hydrogens (tertiary/aromatic N) is 2. The van der Waals surface area contributed by atoms with Gasteiger partial charge in [-0.2, -0.15) is 0 Å². The molecule has 1 amide bonds. The van der Waals surface area contributed by atoms with E-state index >= 15 is 0 Å². The highest BCUT2D eigenvalue weighted by molar-refractivity contribution is 6.32. The molecule has 0 unspecified atom stereocenters. The maximum Gasteiger partial charge on any atom is 0.224 e. The number of methoxy groups -OCH3 is 1. The molecule has 1 aromatic carbocycles. The van der Waals surface area contributed by atoms with Crippen LogP contribution < -0.4 is 15.4 Å². The Morgan fingerprint density at radius 3 is 2.74 bits per heavy atom. The highest BCUT2D eigenvalue weighted by Crippen LogP contribution is 2.58. The van der Waals surface area contributed by atoms with Gasteiger partial charge in [0.1, 0.15) is 22.5 Å². The van der Waals surface area contributed by atoms with E-state index in [1.165, 1.54) is 0 Å². The molecule has 8 nitrogen and oxygen atoms in total. The van der Waals surface area contributed by atoms with Crippen LogP contribution in [0.25, 0.3) is 22.2 Å². The van der Waals surface area contributed by atoms with E-state index in [4.69, 9.17) is 21.3 Å². The number of aromatic amines is 1. The third-order valence-corrected chi connectivity index (χ3v) is 8.68. The number of hydrogen-bond donors (Lipinski definition) is 3. The van der Waals surface area contributed by atoms with Crippen molar-refractivity contribution >= 4 is 34.2 Å². The van der Waals surface area contributed by atoms with E-state index in [0.717, 1.165) is 62.5 Å². The van der Waals surface area contributed by atoms with Crippen molar-refractivity contribution < 1.29 is 14.3 Å². The van der Waals surface area contributed by atoms with Crippen LogP contribution in [-0.2, 0) is 9.59 Å². The van der Waals surface area contributed by atoms with Crippen molar-refractivity contribution in [3.8, 4) is 17.1 Å². The minimum Gasteiger partial charge on any atom is -0.480 e. The summed E-state index contributed by atoms with van der Waals surface area (Å²) in [5.41, 5.74) is 2.22. The number of pyridine rings is 1. The molecule has 1 aliphatic carbocycles. The number of amides is 1. The summed E-state index contributed by atoms with van der Waals surface area (Å²) in [6.45, 7) is 3.85. The van der Waals surface area contributed by atoms with Crippen molar-refractivity contribution in [2.75, 3.05) is 20.2 Å². The number of para-hydroxylation sites is 1. The minimum absolute atomic E-state index is 0.0546. The van der Waals surface area contributed by atoms with Gasteiger partial charge in [-0.05, 0) is 62.7 Å². The van der Waals surface area contributed by atoms with Crippen LogP contribution in [0.15, 0.2) is 30.3 Å². The number of unbranched alkanes of at least 4 members (excludes halogenated alkanes) is 2. The van der Waals surface area contributed by atoms with Crippen molar-refractivity contribution in [2.45, 2.75) is 70.8 Å². The topological polar surface area (TPSA) is 109 Å². The molecule has 2 fully saturated rings. The molecule has 1 saturated heterocycles. The van der Waals surface area contributed by atoms with E-state index in [9.17, 15) is 9.59 Å². The lowest BCUT2D eigenvalue weighted by atomic mass is 9.91. The van der Waals surface area contributed by atoms with Gasteiger partial charge in [0.15, 0.2) is 0 Å². The van der Waals surface area contributed by atoms with Gasteiger partial charge in [0.05, 0.1) is 24.2 Å². The number of imidazole rings is 1. The number of halogens is 1. The maximum absolute atomic E-state index is 13.4. The van der Waals surface area contributed by atoms with E-state index in [-0.39, 0.29) is 23.3 Å². The molecule has 3 N–H and O–H groups in total. The Morgan fingerprint density at radius 2 is 1.97 bits per heavy atom. The largest absolute Gasteiger partial charge is 0.480 e. The van der Waals surface area contributed by atoms with Crippen LogP contribution in [0.3, 0.4) is 0 Å². The van der Waals surface area contributed by atoms with Gasteiger partial charge in [0.2, 0.25) is 11.8 Å². The zero-order valence-corrected chi connectivity index (χ0v) is 23.6. The lowest BCUT2D eigenvalue weighted by Crippen LogP contribution is -2.35. The summed E-state index contributed by atoms with van der Waals surface area (Å²) in [4.78, 5) is 37.9. The first-order chi connectivity index (χ1) is 18.9. The molecule has 2 aromatic heterocycles. The predicted octanol–water partition coefficient (Wildman–Crippen LogP) is 5.76. The van der Waals surface area contributed by atoms with Crippen LogP contribution in [0, 0.1) is 11.3 Å². The second-order valence-electron chi connectivity index (χ2n) is 10.9. The fraction of sp³-hybridized carbons (Fsp3) is 0.533. The smallest absolute Gasteiger partial charge is 0.224 e. The Hall–Kier alpha value is -2.97. The number of Topliss-reactive ketones (excluding diaryl/α,β-unsaturated/α-hetero) is 1. The summed E-state index contributed by atoms with van der Waals surface area (Å²) in [5, 5.41) is 8.05. The lowest BCUT2D eigenvalue weighted by Gasteiger charge is -2.24. The standard InChI is InChI=1S/C30H38ClN5O3/c1-3-20(37)10-5-4-6-12-24(33-28(38)22-18-30(22)13-15-32-16-14-30)27-35-25(26(31)36-27)21-17-19-9-7-8-11-23(19)34-29(21)39-2/h7-9,11,17,22,24,32H,3-6,10,12-16,18H2,1-2H3,(H,33,38)(H,35,36)/t22-,24+/m1/s1. The third-order valence-electron chi connectivity index (χ3n) is 8.41. The van der Waals surface area contributed by atoms with Crippen molar-refractivity contribution in [1.82, 2.24) is 25.6 Å². The number of ether oxygens (including phenoxy) is 1. The van der Waals surface area contributed by atoms with Crippen molar-refractivity contribution in [3.63, 3.8) is 0 Å². The maximum atomic E-state index is 13.4. The van der Waals surface area contributed by atoms with Gasteiger partial charge in [-0.3, -0.25) is 9.59 Å². The number of aromatic nitrogens is 3.